The zero-order chi connectivity index (χ0) is 25.1. The van der Waals surface area contributed by atoms with Gasteiger partial charge < -0.3 is 30.1 Å². The summed E-state index contributed by atoms with van der Waals surface area (Å²) >= 11 is 0. The maximum absolute atomic E-state index is 12.0. The molecule has 0 aliphatic rings. The summed E-state index contributed by atoms with van der Waals surface area (Å²) < 4.78 is 10.2. The molecule has 2 heterocycles. The lowest BCUT2D eigenvalue weighted by Gasteiger charge is -2.06. The van der Waals surface area contributed by atoms with E-state index in [-0.39, 0.29) is 11.9 Å². The van der Waals surface area contributed by atoms with Crippen LogP contribution >= 0.6 is 0 Å². The van der Waals surface area contributed by atoms with Crippen molar-refractivity contribution in [1.82, 2.24) is 20.6 Å². The Morgan fingerprint density at radius 2 is 1.03 bits per heavy atom. The van der Waals surface area contributed by atoms with Crippen LogP contribution < -0.4 is 10.6 Å². The van der Waals surface area contributed by atoms with Crippen molar-refractivity contribution in [2.24, 2.45) is 0 Å². The highest BCUT2D eigenvalue weighted by atomic mass is 16.5. The normalized spacial score (nSPS) is 11.1. The lowest BCUT2D eigenvalue weighted by Crippen LogP contribution is -2.17. The van der Waals surface area contributed by atoms with Crippen molar-refractivity contribution < 1.29 is 19.1 Å². The topological polar surface area (TPSA) is 108 Å². The predicted octanol–water partition coefficient (Wildman–Crippen LogP) is 4.37. The minimum Gasteiger partial charge on any atom is -0.461 e. The Kier molecular flexibility index (Phi) is 11.4. The number of ether oxygens (including phenoxy) is 2. The molecular weight excluding hydrogens is 432 g/mol. The summed E-state index contributed by atoms with van der Waals surface area (Å²) in [5, 5.41) is 6.94. The Morgan fingerprint density at radius 1 is 0.647 bits per heavy atom. The third kappa shape index (κ3) is 7.46. The van der Waals surface area contributed by atoms with Crippen LogP contribution in [0.1, 0.15) is 94.1 Å². The number of carbonyl (C=O) groups excluding carboxylic acids is 2. The van der Waals surface area contributed by atoms with Crippen LogP contribution in [0.4, 0.5) is 0 Å². The van der Waals surface area contributed by atoms with Crippen LogP contribution in [-0.4, -0.2) is 48.2 Å². The van der Waals surface area contributed by atoms with Gasteiger partial charge in [-0.1, -0.05) is 12.8 Å². The zero-order valence-electron chi connectivity index (χ0n) is 21.7. The number of aromatic amines is 2. The number of unbranched alkanes of at least 4 members (excludes halogenated alkanes) is 3. The van der Waals surface area contributed by atoms with Crippen LogP contribution in [0.3, 0.4) is 0 Å². The first kappa shape index (κ1) is 27.7. The van der Waals surface area contributed by atoms with Gasteiger partial charge in [-0.05, 0) is 89.7 Å². The number of carbonyl (C=O) groups is 2. The Hall–Kier alpha value is -2.58. The first-order chi connectivity index (χ1) is 16.3. The Labute approximate surface area is 203 Å². The molecule has 0 saturated heterocycles. The zero-order valence-corrected chi connectivity index (χ0v) is 21.7. The van der Waals surface area contributed by atoms with Crippen molar-refractivity contribution in [3.8, 4) is 0 Å². The molecule has 0 spiro atoms. The van der Waals surface area contributed by atoms with Crippen LogP contribution in [0, 0.1) is 27.7 Å². The molecule has 0 fully saturated rings. The minimum atomic E-state index is -0.288. The highest BCUT2D eigenvalue weighted by molar-refractivity contribution is 5.90. The fourth-order valence-electron chi connectivity index (χ4n) is 3.95. The van der Waals surface area contributed by atoms with Crippen molar-refractivity contribution in [3.63, 3.8) is 0 Å². The number of H-pyrrole nitrogens is 2. The maximum Gasteiger partial charge on any atom is 0.355 e. The molecular formula is C26H42N4O4. The average molecular weight is 475 g/mol. The molecule has 2 aromatic heterocycles. The standard InChI is InChI=1S/C26H42N4O4/c1-7-33-25(31)23-19(5)17(3)21(29-23)15-27-13-11-9-10-12-14-28-16-22-18(4)20(6)24(30-22)26(32)34-8-2/h27-30H,7-16H2,1-6H3. The summed E-state index contributed by atoms with van der Waals surface area (Å²) in [4.78, 5) is 30.5. The fraction of sp³-hybridized carbons (Fsp3) is 0.615. The molecule has 190 valence electrons. The van der Waals surface area contributed by atoms with Gasteiger partial charge in [0.25, 0.3) is 0 Å². The van der Waals surface area contributed by atoms with E-state index in [1.807, 2.05) is 41.5 Å². The second-order valence-electron chi connectivity index (χ2n) is 8.67. The van der Waals surface area contributed by atoms with Gasteiger partial charge in [0, 0.05) is 24.5 Å². The Balaban J connectivity index is 1.59. The number of esters is 2. The third-order valence-corrected chi connectivity index (χ3v) is 6.35. The molecule has 0 aliphatic carbocycles. The predicted molar refractivity (Wildman–Crippen MR) is 134 cm³/mol. The van der Waals surface area contributed by atoms with Crippen LogP contribution in [0.5, 0.6) is 0 Å². The van der Waals surface area contributed by atoms with Crippen LogP contribution in [0.2, 0.25) is 0 Å². The summed E-state index contributed by atoms with van der Waals surface area (Å²) in [6, 6.07) is 0. The molecule has 2 aromatic rings. The largest absolute Gasteiger partial charge is 0.461 e. The number of aromatic nitrogens is 2. The molecule has 8 nitrogen and oxygen atoms in total. The number of nitrogens with one attached hydrogen (secondary N) is 4. The number of hydrogen-bond acceptors (Lipinski definition) is 6. The summed E-state index contributed by atoms with van der Waals surface area (Å²) in [5.74, 6) is -0.576. The first-order valence-electron chi connectivity index (χ1n) is 12.4. The van der Waals surface area contributed by atoms with Gasteiger partial charge in [0.2, 0.25) is 0 Å². The van der Waals surface area contributed by atoms with Crippen molar-refractivity contribution in [2.75, 3.05) is 26.3 Å². The molecule has 0 unspecified atom stereocenters. The second kappa shape index (κ2) is 14.0. The van der Waals surface area contributed by atoms with Crippen LogP contribution in [-0.2, 0) is 22.6 Å². The smallest absolute Gasteiger partial charge is 0.355 e. The molecule has 0 bridgehead atoms. The van der Waals surface area contributed by atoms with Gasteiger partial charge in [0.15, 0.2) is 0 Å². The van der Waals surface area contributed by atoms with Gasteiger partial charge in [0.1, 0.15) is 11.4 Å². The van der Waals surface area contributed by atoms with Gasteiger partial charge >= 0.3 is 11.9 Å². The van der Waals surface area contributed by atoms with Gasteiger partial charge in [-0.25, -0.2) is 9.59 Å². The summed E-state index contributed by atoms with van der Waals surface area (Å²) in [6.07, 6.45) is 4.56. The van der Waals surface area contributed by atoms with Crippen molar-refractivity contribution in [1.29, 1.82) is 0 Å². The third-order valence-electron chi connectivity index (χ3n) is 6.35. The van der Waals surface area contributed by atoms with E-state index in [1.54, 1.807) is 0 Å². The minimum absolute atomic E-state index is 0.288. The molecule has 8 heteroatoms. The van der Waals surface area contributed by atoms with Crippen LogP contribution in [0.25, 0.3) is 0 Å². The first-order valence-corrected chi connectivity index (χ1v) is 12.4. The second-order valence-corrected chi connectivity index (χ2v) is 8.67. The molecule has 0 radical (unpaired) electrons. The van der Waals surface area contributed by atoms with Crippen molar-refractivity contribution >= 4 is 11.9 Å². The molecule has 4 N–H and O–H groups in total. The lowest BCUT2D eigenvalue weighted by molar-refractivity contribution is 0.0509. The quantitative estimate of drug-likeness (QED) is 0.225. The van der Waals surface area contributed by atoms with E-state index < -0.39 is 0 Å². The van der Waals surface area contributed by atoms with Crippen molar-refractivity contribution in [2.45, 2.75) is 80.3 Å². The Bertz CT molecular complexity index is 869. The molecule has 0 aliphatic heterocycles. The van der Waals surface area contributed by atoms with Gasteiger partial charge in [0.05, 0.1) is 13.2 Å². The van der Waals surface area contributed by atoms with E-state index in [2.05, 4.69) is 20.6 Å². The highest BCUT2D eigenvalue weighted by Gasteiger charge is 2.18. The number of hydrogen-bond donors (Lipinski definition) is 4. The Morgan fingerprint density at radius 3 is 1.38 bits per heavy atom. The highest BCUT2D eigenvalue weighted by Crippen LogP contribution is 2.19. The summed E-state index contributed by atoms with van der Waals surface area (Å²) in [6.45, 7) is 15.7. The van der Waals surface area contributed by atoms with E-state index in [1.165, 1.54) is 12.8 Å². The fourth-order valence-corrected chi connectivity index (χ4v) is 3.95. The summed E-state index contributed by atoms with van der Waals surface area (Å²) in [7, 11) is 0. The van der Waals surface area contributed by atoms with Crippen molar-refractivity contribution in [3.05, 3.63) is 45.0 Å². The summed E-state index contributed by atoms with van der Waals surface area (Å²) in [5.41, 5.74) is 7.37. The number of rotatable bonds is 15. The monoisotopic (exact) mass is 474 g/mol. The van der Waals surface area contributed by atoms with E-state index in [0.717, 1.165) is 72.7 Å². The van der Waals surface area contributed by atoms with E-state index in [9.17, 15) is 9.59 Å². The van der Waals surface area contributed by atoms with Gasteiger partial charge in [-0.2, -0.15) is 0 Å². The molecule has 2 rings (SSSR count). The van der Waals surface area contributed by atoms with Gasteiger partial charge in [-0.15, -0.1) is 0 Å². The average Bonchev–Trinajstić information content (AvgIpc) is 3.26. The van der Waals surface area contributed by atoms with E-state index >= 15 is 0 Å². The van der Waals surface area contributed by atoms with E-state index in [0.29, 0.717) is 24.6 Å². The van der Waals surface area contributed by atoms with E-state index in [4.69, 9.17) is 9.47 Å². The lowest BCUT2D eigenvalue weighted by atomic mass is 10.1. The van der Waals surface area contributed by atoms with Gasteiger partial charge in [-0.3, -0.25) is 0 Å². The molecule has 0 atom stereocenters. The SMILES string of the molecule is CCOC(=O)c1[nH]c(CNCCCCCCNCc2[nH]c(C(=O)OCC)c(C)c2C)c(C)c1C. The maximum atomic E-state index is 12.0. The molecule has 34 heavy (non-hydrogen) atoms. The van der Waals surface area contributed by atoms with Crippen LogP contribution in [0.15, 0.2) is 0 Å². The molecule has 0 saturated carbocycles. The molecule has 0 aromatic carbocycles. The molecule has 0 amide bonds.